The number of rotatable bonds is 2. The van der Waals surface area contributed by atoms with Gasteiger partial charge in [-0.05, 0) is 35.9 Å². The zero-order valence-electron chi connectivity index (χ0n) is 13.7. The molecule has 27 heavy (non-hydrogen) atoms. The molecule has 0 spiro atoms. The van der Waals surface area contributed by atoms with Crippen LogP contribution in [0.25, 0.3) is 33.3 Å². The highest BCUT2D eigenvalue weighted by Crippen LogP contribution is 2.41. The monoisotopic (exact) mass is 453 g/mol. The number of fused-ring (bicyclic) bond motifs is 1. The van der Waals surface area contributed by atoms with Gasteiger partial charge in [0.15, 0.2) is 0 Å². The number of benzene rings is 3. The van der Waals surface area contributed by atoms with E-state index < -0.39 is 0 Å². The van der Waals surface area contributed by atoms with Crippen LogP contribution in [0.1, 0.15) is 0 Å². The highest BCUT2D eigenvalue weighted by molar-refractivity contribution is 6.42. The van der Waals surface area contributed by atoms with Crippen molar-refractivity contribution in [1.82, 2.24) is 4.98 Å². The smallest absolute Gasteiger partial charge is 0.0902 e. The third-order valence-electron chi connectivity index (χ3n) is 4.14. The molecule has 0 fully saturated rings. The van der Waals surface area contributed by atoms with Gasteiger partial charge in [-0.15, -0.1) is 12.4 Å². The lowest BCUT2D eigenvalue weighted by molar-refractivity contribution is 1.40. The van der Waals surface area contributed by atoms with Gasteiger partial charge in [0, 0.05) is 21.5 Å². The summed E-state index contributed by atoms with van der Waals surface area (Å²) in [5.41, 5.74) is 4.14. The summed E-state index contributed by atoms with van der Waals surface area (Å²) in [7, 11) is 0. The summed E-state index contributed by atoms with van der Waals surface area (Å²) in [6.07, 6.45) is 0. The lowest BCUT2D eigenvalue weighted by atomic mass is 9.98. The average Bonchev–Trinajstić information content (AvgIpc) is 2.64. The van der Waals surface area contributed by atoms with Gasteiger partial charge in [-0.3, -0.25) is 0 Å². The van der Waals surface area contributed by atoms with Gasteiger partial charge in [0.1, 0.15) is 0 Å². The Morgan fingerprint density at radius 2 is 1.41 bits per heavy atom. The summed E-state index contributed by atoms with van der Waals surface area (Å²) in [5.74, 6) is 0. The summed E-state index contributed by atoms with van der Waals surface area (Å²) in [6, 6.07) is 20.9. The largest absolute Gasteiger partial charge is 0.246 e. The second kappa shape index (κ2) is 8.26. The van der Waals surface area contributed by atoms with Gasteiger partial charge in [-0.1, -0.05) is 82.8 Å². The first-order chi connectivity index (χ1) is 12.5. The van der Waals surface area contributed by atoms with Crippen LogP contribution in [0.2, 0.25) is 20.1 Å². The molecular weight excluding hydrogens is 444 g/mol. The fourth-order valence-corrected chi connectivity index (χ4v) is 3.77. The molecule has 0 atom stereocenters. The molecule has 0 aliphatic heterocycles. The topological polar surface area (TPSA) is 12.9 Å². The number of halogens is 5. The zero-order chi connectivity index (χ0) is 18.3. The number of aromatic nitrogens is 1. The third kappa shape index (κ3) is 3.89. The molecule has 0 saturated heterocycles. The quantitative estimate of drug-likeness (QED) is 0.295. The molecule has 0 amide bonds. The molecule has 0 N–H and O–H groups in total. The molecule has 0 unspecified atom stereocenters. The molecule has 6 heteroatoms. The van der Waals surface area contributed by atoms with Crippen molar-refractivity contribution in [3.05, 3.63) is 86.8 Å². The van der Waals surface area contributed by atoms with E-state index in [2.05, 4.69) is 0 Å². The second-order valence-corrected chi connectivity index (χ2v) is 7.43. The number of pyridine rings is 1. The maximum atomic E-state index is 6.82. The van der Waals surface area contributed by atoms with Crippen LogP contribution in [-0.4, -0.2) is 4.98 Å². The van der Waals surface area contributed by atoms with E-state index in [0.29, 0.717) is 25.8 Å². The predicted molar refractivity (Wildman–Crippen MR) is 120 cm³/mol. The molecule has 1 aromatic heterocycles. The van der Waals surface area contributed by atoms with E-state index in [9.17, 15) is 0 Å². The van der Waals surface area contributed by atoms with E-state index in [1.807, 2.05) is 54.6 Å². The van der Waals surface area contributed by atoms with E-state index in [1.54, 1.807) is 12.1 Å². The highest BCUT2D eigenvalue weighted by atomic mass is 35.5. The first-order valence-corrected chi connectivity index (χ1v) is 9.35. The zero-order valence-corrected chi connectivity index (χ0v) is 17.6. The Morgan fingerprint density at radius 1 is 0.667 bits per heavy atom. The minimum Gasteiger partial charge on any atom is -0.246 e. The van der Waals surface area contributed by atoms with Crippen molar-refractivity contribution in [2.45, 2.75) is 0 Å². The van der Waals surface area contributed by atoms with Gasteiger partial charge in [0.25, 0.3) is 0 Å². The van der Waals surface area contributed by atoms with Crippen LogP contribution in [0.5, 0.6) is 0 Å². The van der Waals surface area contributed by atoms with Crippen molar-refractivity contribution in [2.75, 3.05) is 0 Å². The third-order valence-corrected chi connectivity index (χ3v) is 5.49. The number of nitrogens with zero attached hydrogens (tertiary/aromatic N) is 1. The van der Waals surface area contributed by atoms with E-state index in [-0.39, 0.29) is 12.4 Å². The van der Waals surface area contributed by atoms with Crippen LogP contribution in [0.3, 0.4) is 0 Å². The molecule has 4 aromatic rings. The summed E-state index contributed by atoms with van der Waals surface area (Å²) < 4.78 is 0. The molecule has 0 saturated carbocycles. The molecule has 0 radical (unpaired) electrons. The SMILES string of the molecule is Cl.Clc1ccc2nc(-c3ccc(Cl)c(Cl)c3)c(Cl)c(-c3ccccc3)c2c1. The second-order valence-electron chi connectivity index (χ2n) is 5.81. The normalized spacial score (nSPS) is 10.7. The lowest BCUT2D eigenvalue weighted by Crippen LogP contribution is -1.93. The van der Waals surface area contributed by atoms with Crippen LogP contribution in [0.4, 0.5) is 0 Å². The fourth-order valence-electron chi connectivity index (χ4n) is 2.93. The highest BCUT2D eigenvalue weighted by Gasteiger charge is 2.17. The Bertz CT molecular complexity index is 1130. The van der Waals surface area contributed by atoms with E-state index >= 15 is 0 Å². The minimum atomic E-state index is 0. The molecule has 0 aliphatic rings. The maximum Gasteiger partial charge on any atom is 0.0902 e. The van der Waals surface area contributed by atoms with Gasteiger partial charge >= 0.3 is 0 Å². The molecule has 3 aromatic carbocycles. The van der Waals surface area contributed by atoms with E-state index in [1.165, 1.54) is 0 Å². The van der Waals surface area contributed by atoms with Gasteiger partial charge in [-0.2, -0.15) is 0 Å². The summed E-state index contributed by atoms with van der Waals surface area (Å²) in [5, 5.41) is 3.03. The lowest BCUT2D eigenvalue weighted by Gasteiger charge is -2.14. The molecular formula is C21H12Cl5N. The van der Waals surface area contributed by atoms with Crippen molar-refractivity contribution < 1.29 is 0 Å². The Balaban J connectivity index is 0.00000210. The van der Waals surface area contributed by atoms with E-state index in [4.69, 9.17) is 51.4 Å². The van der Waals surface area contributed by atoms with Crippen LogP contribution in [-0.2, 0) is 0 Å². The van der Waals surface area contributed by atoms with Crippen molar-refractivity contribution in [1.29, 1.82) is 0 Å². The van der Waals surface area contributed by atoms with E-state index in [0.717, 1.165) is 27.6 Å². The number of hydrogen-bond donors (Lipinski definition) is 0. The summed E-state index contributed by atoms with van der Waals surface area (Å²) in [4.78, 5) is 4.75. The molecule has 1 heterocycles. The van der Waals surface area contributed by atoms with Gasteiger partial charge in [0.05, 0.1) is 26.3 Å². The molecule has 136 valence electrons. The predicted octanol–water partition coefficient (Wildman–Crippen LogP) is 8.60. The van der Waals surface area contributed by atoms with Crippen molar-refractivity contribution in [3.8, 4) is 22.4 Å². The Morgan fingerprint density at radius 3 is 2.11 bits per heavy atom. The van der Waals surface area contributed by atoms with Gasteiger partial charge < -0.3 is 0 Å². The summed E-state index contributed by atoms with van der Waals surface area (Å²) >= 11 is 25.3. The molecule has 0 bridgehead atoms. The molecule has 1 nitrogen and oxygen atoms in total. The Kier molecular flexibility index (Phi) is 6.20. The average molecular weight is 456 g/mol. The van der Waals surface area contributed by atoms with Crippen molar-refractivity contribution in [3.63, 3.8) is 0 Å². The Labute approximate surface area is 183 Å². The Hall–Kier alpha value is -1.48. The van der Waals surface area contributed by atoms with Crippen LogP contribution < -0.4 is 0 Å². The van der Waals surface area contributed by atoms with Crippen LogP contribution >= 0.6 is 58.8 Å². The molecule has 0 aliphatic carbocycles. The van der Waals surface area contributed by atoms with Crippen molar-refractivity contribution >= 4 is 69.7 Å². The van der Waals surface area contributed by atoms with Crippen LogP contribution in [0.15, 0.2) is 66.7 Å². The molecule has 4 rings (SSSR count). The first-order valence-electron chi connectivity index (χ1n) is 7.84. The van der Waals surface area contributed by atoms with Gasteiger partial charge in [-0.25, -0.2) is 4.98 Å². The standard InChI is InChI=1S/C21H11Cl4N.ClH/c22-14-7-9-18-15(11-14)19(12-4-2-1-3-5-12)20(25)21(26-18)13-6-8-16(23)17(24)10-13;/h1-11H;1H. The minimum absolute atomic E-state index is 0. The fraction of sp³-hybridized carbons (Fsp3) is 0. The van der Waals surface area contributed by atoms with Crippen molar-refractivity contribution in [2.24, 2.45) is 0 Å². The summed E-state index contributed by atoms with van der Waals surface area (Å²) in [6.45, 7) is 0. The van der Waals surface area contributed by atoms with Crippen LogP contribution in [0, 0.1) is 0 Å². The number of hydrogen-bond acceptors (Lipinski definition) is 1. The van der Waals surface area contributed by atoms with Gasteiger partial charge in [0.2, 0.25) is 0 Å². The maximum absolute atomic E-state index is 6.82. The first kappa shape index (κ1) is 20.3.